The average Bonchev–Trinajstić information content (AvgIpc) is 2.25. The van der Waals surface area contributed by atoms with Crippen molar-refractivity contribution in [1.29, 1.82) is 0 Å². The number of pyridine rings is 1. The Morgan fingerprint density at radius 1 is 1.47 bits per heavy atom. The minimum atomic E-state index is -4.24. The van der Waals surface area contributed by atoms with Crippen molar-refractivity contribution in [3.63, 3.8) is 0 Å². The van der Waals surface area contributed by atoms with E-state index in [1.165, 1.54) is 23.2 Å². The quantitative estimate of drug-likeness (QED) is 0.845. The van der Waals surface area contributed by atoms with Gasteiger partial charge in [0.1, 0.15) is 11.5 Å². The van der Waals surface area contributed by atoms with Crippen molar-refractivity contribution >= 4 is 22.9 Å². The zero-order valence-electron chi connectivity index (χ0n) is 9.16. The van der Waals surface area contributed by atoms with Gasteiger partial charge in [-0.05, 0) is 19.1 Å². The number of nitrogens with two attached hydrogens (primary N) is 1. The summed E-state index contributed by atoms with van der Waals surface area (Å²) in [4.78, 5) is 5.20. The standard InChI is InChI=1S/C10H12F3N3S/c1-2-16(6-10(11,12)13)7-3-4-8(9(14)17)15-5-7/h3-5H,2,6H2,1H3,(H2,14,17). The molecule has 0 bridgehead atoms. The van der Waals surface area contributed by atoms with Crippen molar-refractivity contribution in [2.24, 2.45) is 5.73 Å². The second-order valence-electron chi connectivity index (χ2n) is 3.40. The van der Waals surface area contributed by atoms with Crippen LogP contribution in [-0.4, -0.2) is 29.2 Å². The van der Waals surface area contributed by atoms with Crippen molar-refractivity contribution in [3.05, 3.63) is 24.0 Å². The van der Waals surface area contributed by atoms with Crippen molar-refractivity contribution in [1.82, 2.24) is 4.98 Å². The first kappa shape index (κ1) is 13.7. The molecule has 0 amide bonds. The summed E-state index contributed by atoms with van der Waals surface area (Å²) in [6, 6.07) is 3.04. The van der Waals surface area contributed by atoms with Crippen LogP contribution in [-0.2, 0) is 0 Å². The Morgan fingerprint density at radius 2 is 2.12 bits per heavy atom. The summed E-state index contributed by atoms with van der Waals surface area (Å²) in [6.45, 7) is 0.887. The van der Waals surface area contributed by atoms with E-state index in [4.69, 9.17) is 18.0 Å². The van der Waals surface area contributed by atoms with E-state index >= 15 is 0 Å². The highest BCUT2D eigenvalue weighted by Crippen LogP contribution is 2.21. The third-order valence-electron chi connectivity index (χ3n) is 2.12. The lowest BCUT2D eigenvalue weighted by atomic mass is 10.3. The first-order valence-corrected chi connectivity index (χ1v) is 5.32. The number of thiocarbonyl (C=S) groups is 1. The molecule has 0 saturated carbocycles. The van der Waals surface area contributed by atoms with Crippen LogP contribution in [0.15, 0.2) is 18.3 Å². The predicted molar refractivity (Wildman–Crippen MR) is 64.1 cm³/mol. The summed E-state index contributed by atoms with van der Waals surface area (Å²) >= 11 is 4.71. The number of aromatic nitrogens is 1. The van der Waals surface area contributed by atoms with Crippen LogP contribution in [0.4, 0.5) is 18.9 Å². The fraction of sp³-hybridized carbons (Fsp3) is 0.400. The molecule has 0 saturated heterocycles. The van der Waals surface area contributed by atoms with E-state index in [-0.39, 0.29) is 11.5 Å². The van der Waals surface area contributed by atoms with Crippen LogP contribution in [0.3, 0.4) is 0 Å². The molecule has 1 aromatic heterocycles. The van der Waals surface area contributed by atoms with Crippen molar-refractivity contribution in [3.8, 4) is 0 Å². The Hall–Kier alpha value is -1.37. The lowest BCUT2D eigenvalue weighted by molar-refractivity contribution is -0.119. The third kappa shape index (κ3) is 4.18. The summed E-state index contributed by atoms with van der Waals surface area (Å²) in [6.07, 6.45) is -2.90. The van der Waals surface area contributed by atoms with Crippen molar-refractivity contribution in [2.75, 3.05) is 18.0 Å². The van der Waals surface area contributed by atoms with Crippen LogP contribution in [0.1, 0.15) is 12.6 Å². The molecule has 2 N–H and O–H groups in total. The second-order valence-corrected chi connectivity index (χ2v) is 3.84. The Bertz CT molecular complexity index is 389. The summed E-state index contributed by atoms with van der Waals surface area (Å²) in [7, 11) is 0. The lowest BCUT2D eigenvalue weighted by Gasteiger charge is -2.24. The van der Waals surface area contributed by atoms with Gasteiger partial charge in [0.05, 0.1) is 17.6 Å². The SMILES string of the molecule is CCN(CC(F)(F)F)c1ccc(C(N)=S)nc1. The fourth-order valence-electron chi connectivity index (χ4n) is 1.32. The summed E-state index contributed by atoms with van der Waals surface area (Å²) in [5.74, 6) is 0. The Morgan fingerprint density at radius 3 is 2.47 bits per heavy atom. The molecule has 94 valence electrons. The minimum absolute atomic E-state index is 0.121. The highest BCUT2D eigenvalue weighted by Gasteiger charge is 2.30. The molecule has 0 spiro atoms. The molecular weight excluding hydrogens is 251 g/mol. The second kappa shape index (κ2) is 5.31. The smallest absolute Gasteiger partial charge is 0.388 e. The Balaban J connectivity index is 2.86. The normalized spacial score (nSPS) is 11.3. The van der Waals surface area contributed by atoms with E-state index in [9.17, 15) is 13.2 Å². The fourth-order valence-corrected chi connectivity index (χ4v) is 1.44. The molecule has 0 aliphatic heterocycles. The molecule has 0 radical (unpaired) electrons. The van der Waals surface area contributed by atoms with Crippen LogP contribution in [0.2, 0.25) is 0 Å². The van der Waals surface area contributed by atoms with Gasteiger partial charge >= 0.3 is 6.18 Å². The maximum Gasteiger partial charge on any atom is 0.405 e. The van der Waals surface area contributed by atoms with Crippen LogP contribution >= 0.6 is 12.2 Å². The monoisotopic (exact) mass is 263 g/mol. The Labute approximate surface area is 102 Å². The van der Waals surface area contributed by atoms with E-state index < -0.39 is 12.7 Å². The zero-order valence-corrected chi connectivity index (χ0v) is 9.98. The largest absolute Gasteiger partial charge is 0.405 e. The van der Waals surface area contributed by atoms with E-state index in [1.807, 2.05) is 0 Å². The van der Waals surface area contributed by atoms with Gasteiger partial charge in [0, 0.05) is 6.54 Å². The number of hydrogen-bond acceptors (Lipinski definition) is 3. The number of anilines is 1. The maximum absolute atomic E-state index is 12.3. The molecule has 0 aliphatic rings. The molecule has 0 fully saturated rings. The molecule has 1 rings (SSSR count). The third-order valence-corrected chi connectivity index (χ3v) is 2.33. The number of hydrogen-bond donors (Lipinski definition) is 1. The van der Waals surface area contributed by atoms with E-state index in [2.05, 4.69) is 4.98 Å². The van der Waals surface area contributed by atoms with Gasteiger partial charge in [0.25, 0.3) is 0 Å². The average molecular weight is 263 g/mol. The molecule has 17 heavy (non-hydrogen) atoms. The van der Waals surface area contributed by atoms with Crippen LogP contribution in [0.5, 0.6) is 0 Å². The molecule has 0 aliphatic carbocycles. The molecule has 1 aromatic rings. The van der Waals surface area contributed by atoms with Crippen molar-refractivity contribution in [2.45, 2.75) is 13.1 Å². The van der Waals surface area contributed by atoms with Crippen LogP contribution in [0, 0.1) is 0 Å². The number of halogens is 3. The van der Waals surface area contributed by atoms with Crippen LogP contribution < -0.4 is 10.6 Å². The van der Waals surface area contributed by atoms with Crippen LogP contribution in [0.25, 0.3) is 0 Å². The first-order chi connectivity index (χ1) is 7.83. The molecule has 0 unspecified atom stereocenters. The predicted octanol–water partition coefficient (Wildman–Crippen LogP) is 2.10. The molecule has 7 heteroatoms. The van der Waals surface area contributed by atoms with Gasteiger partial charge in [-0.1, -0.05) is 12.2 Å². The minimum Gasteiger partial charge on any atom is -0.388 e. The van der Waals surface area contributed by atoms with Gasteiger partial charge in [0.15, 0.2) is 0 Å². The van der Waals surface area contributed by atoms with Gasteiger partial charge < -0.3 is 10.6 Å². The van der Waals surface area contributed by atoms with Gasteiger partial charge in [-0.3, -0.25) is 4.98 Å². The molecule has 0 atom stereocenters. The van der Waals surface area contributed by atoms with Gasteiger partial charge in [-0.25, -0.2) is 0 Å². The molecule has 3 nitrogen and oxygen atoms in total. The Kier molecular flexibility index (Phi) is 4.28. The lowest BCUT2D eigenvalue weighted by Crippen LogP contribution is -2.34. The highest BCUT2D eigenvalue weighted by molar-refractivity contribution is 7.80. The first-order valence-electron chi connectivity index (χ1n) is 4.91. The topological polar surface area (TPSA) is 42.1 Å². The van der Waals surface area contributed by atoms with E-state index in [0.717, 1.165) is 0 Å². The highest BCUT2D eigenvalue weighted by atomic mass is 32.1. The molecule has 0 aromatic carbocycles. The molecule has 1 heterocycles. The van der Waals surface area contributed by atoms with Gasteiger partial charge in [0.2, 0.25) is 0 Å². The zero-order chi connectivity index (χ0) is 13.1. The van der Waals surface area contributed by atoms with Gasteiger partial charge in [-0.15, -0.1) is 0 Å². The van der Waals surface area contributed by atoms with Crippen molar-refractivity contribution < 1.29 is 13.2 Å². The number of nitrogens with zero attached hydrogens (tertiary/aromatic N) is 2. The van der Waals surface area contributed by atoms with E-state index in [0.29, 0.717) is 11.4 Å². The number of alkyl halides is 3. The molecular formula is C10H12F3N3S. The maximum atomic E-state index is 12.3. The summed E-state index contributed by atoms with van der Waals surface area (Å²) < 4.78 is 36.8. The summed E-state index contributed by atoms with van der Waals surface area (Å²) in [5.41, 5.74) is 6.14. The van der Waals surface area contributed by atoms with E-state index in [1.54, 1.807) is 6.92 Å². The summed E-state index contributed by atoms with van der Waals surface area (Å²) in [5, 5.41) is 0. The number of rotatable bonds is 4. The van der Waals surface area contributed by atoms with Gasteiger partial charge in [-0.2, -0.15) is 13.2 Å².